The van der Waals surface area contributed by atoms with Crippen molar-refractivity contribution < 1.29 is 14.2 Å². The molecule has 0 aliphatic carbocycles. The van der Waals surface area contributed by atoms with Gasteiger partial charge in [0, 0.05) is 17.9 Å². The molecule has 0 spiro atoms. The normalized spacial score (nSPS) is 52.6. The summed E-state index contributed by atoms with van der Waals surface area (Å²) < 4.78 is 17.5. The Morgan fingerprint density at radius 1 is 1.00 bits per heavy atom. The highest BCUT2D eigenvalue weighted by Gasteiger charge is 2.45. The standard InChI is InChI=1S/C14H21NO3/c15-11-5-13-9(4-14(11)18-13)7-16-6-8-3-10-1-2-12(8)17-10/h1-2,8-14H,3-7,15H2. The van der Waals surface area contributed by atoms with Gasteiger partial charge >= 0.3 is 0 Å². The van der Waals surface area contributed by atoms with Crippen molar-refractivity contribution in [1.82, 2.24) is 0 Å². The smallest absolute Gasteiger partial charge is 0.0816 e. The number of rotatable bonds is 4. The van der Waals surface area contributed by atoms with Crippen LogP contribution in [0.2, 0.25) is 0 Å². The molecule has 4 aliphatic heterocycles. The minimum absolute atomic E-state index is 0.260. The minimum Gasteiger partial charge on any atom is -0.381 e. The lowest BCUT2D eigenvalue weighted by molar-refractivity contribution is 0.0267. The van der Waals surface area contributed by atoms with Crippen LogP contribution in [0.15, 0.2) is 12.2 Å². The highest BCUT2D eigenvalue weighted by Crippen LogP contribution is 2.39. The Labute approximate surface area is 107 Å². The molecule has 100 valence electrons. The van der Waals surface area contributed by atoms with Crippen LogP contribution in [0.3, 0.4) is 0 Å². The van der Waals surface area contributed by atoms with Crippen molar-refractivity contribution in [2.45, 2.75) is 49.7 Å². The van der Waals surface area contributed by atoms with Crippen molar-refractivity contribution in [1.29, 1.82) is 0 Å². The fourth-order valence-electron chi connectivity index (χ4n) is 3.86. The molecule has 2 N–H and O–H groups in total. The Hall–Kier alpha value is -0.420. The monoisotopic (exact) mass is 251 g/mol. The fraction of sp³-hybridized carbons (Fsp3) is 0.857. The summed E-state index contributed by atoms with van der Waals surface area (Å²) in [6.45, 7) is 1.65. The summed E-state index contributed by atoms with van der Waals surface area (Å²) in [6, 6.07) is 0.260. The maximum atomic E-state index is 5.96. The first-order chi connectivity index (χ1) is 8.79. The number of ether oxygens (including phenoxy) is 3. The average Bonchev–Trinajstić information content (AvgIpc) is 3.07. The summed E-state index contributed by atoms with van der Waals surface area (Å²) in [5, 5.41) is 0. The molecule has 7 unspecified atom stereocenters. The van der Waals surface area contributed by atoms with Gasteiger partial charge < -0.3 is 19.9 Å². The first-order valence-corrected chi connectivity index (χ1v) is 7.12. The first-order valence-electron chi connectivity index (χ1n) is 7.12. The van der Waals surface area contributed by atoms with Crippen molar-refractivity contribution in [2.24, 2.45) is 17.6 Å². The van der Waals surface area contributed by atoms with E-state index in [2.05, 4.69) is 12.2 Å². The molecule has 4 aliphatic rings. The zero-order chi connectivity index (χ0) is 12.1. The molecule has 4 nitrogen and oxygen atoms in total. The van der Waals surface area contributed by atoms with Crippen LogP contribution in [-0.4, -0.2) is 43.7 Å². The second-order valence-corrected chi connectivity index (χ2v) is 6.17. The molecule has 4 bridgehead atoms. The van der Waals surface area contributed by atoms with E-state index in [0.717, 1.165) is 32.5 Å². The molecule has 7 atom stereocenters. The zero-order valence-electron chi connectivity index (χ0n) is 10.5. The van der Waals surface area contributed by atoms with Gasteiger partial charge in [-0.15, -0.1) is 0 Å². The summed E-state index contributed by atoms with van der Waals surface area (Å²) >= 11 is 0. The molecular weight excluding hydrogens is 230 g/mol. The van der Waals surface area contributed by atoms with Crippen molar-refractivity contribution in [3.05, 3.63) is 12.2 Å². The van der Waals surface area contributed by atoms with Gasteiger partial charge in [0.1, 0.15) is 0 Å². The summed E-state index contributed by atoms with van der Waals surface area (Å²) in [6.07, 6.45) is 8.87. The van der Waals surface area contributed by atoms with E-state index < -0.39 is 0 Å². The average molecular weight is 251 g/mol. The van der Waals surface area contributed by atoms with Crippen LogP contribution in [-0.2, 0) is 14.2 Å². The molecule has 0 radical (unpaired) electrons. The molecule has 4 heterocycles. The lowest BCUT2D eigenvalue weighted by Gasteiger charge is -2.23. The quantitative estimate of drug-likeness (QED) is 0.753. The van der Waals surface area contributed by atoms with Gasteiger partial charge in [-0.3, -0.25) is 0 Å². The molecule has 4 heteroatoms. The first kappa shape index (κ1) is 11.4. The molecular formula is C14H21NO3. The lowest BCUT2D eigenvalue weighted by atomic mass is 9.87. The molecule has 3 saturated heterocycles. The van der Waals surface area contributed by atoms with Gasteiger partial charge in [-0.25, -0.2) is 0 Å². The molecule has 18 heavy (non-hydrogen) atoms. The molecule has 0 aromatic carbocycles. The van der Waals surface area contributed by atoms with E-state index in [4.69, 9.17) is 19.9 Å². The third-order valence-electron chi connectivity index (χ3n) is 4.90. The number of hydrogen-bond donors (Lipinski definition) is 1. The van der Waals surface area contributed by atoms with Gasteiger partial charge in [0.15, 0.2) is 0 Å². The Balaban J connectivity index is 1.23. The number of fused-ring (bicyclic) bond motifs is 4. The molecule has 4 rings (SSSR count). The van der Waals surface area contributed by atoms with Crippen molar-refractivity contribution in [2.75, 3.05) is 13.2 Å². The van der Waals surface area contributed by atoms with Crippen LogP contribution in [0, 0.1) is 11.8 Å². The van der Waals surface area contributed by atoms with Crippen LogP contribution in [0.5, 0.6) is 0 Å². The van der Waals surface area contributed by atoms with Crippen LogP contribution < -0.4 is 5.73 Å². The largest absolute Gasteiger partial charge is 0.381 e. The summed E-state index contributed by atoms with van der Waals surface area (Å²) in [7, 11) is 0. The van der Waals surface area contributed by atoms with Crippen molar-refractivity contribution >= 4 is 0 Å². The zero-order valence-corrected chi connectivity index (χ0v) is 10.5. The van der Waals surface area contributed by atoms with Gasteiger partial charge in [0.2, 0.25) is 0 Å². The Bertz CT molecular complexity index is 357. The summed E-state index contributed by atoms with van der Waals surface area (Å²) in [4.78, 5) is 0. The highest BCUT2D eigenvalue weighted by atomic mass is 16.5. The number of nitrogens with two attached hydrogens (primary N) is 1. The predicted molar refractivity (Wildman–Crippen MR) is 66.1 cm³/mol. The Kier molecular flexibility index (Phi) is 2.73. The Morgan fingerprint density at radius 2 is 1.89 bits per heavy atom. The topological polar surface area (TPSA) is 53.7 Å². The maximum absolute atomic E-state index is 5.96. The summed E-state index contributed by atoms with van der Waals surface area (Å²) in [5.74, 6) is 1.12. The van der Waals surface area contributed by atoms with Crippen LogP contribution in [0.25, 0.3) is 0 Å². The van der Waals surface area contributed by atoms with Gasteiger partial charge in [-0.05, 0) is 19.3 Å². The van der Waals surface area contributed by atoms with E-state index in [1.165, 1.54) is 0 Å². The van der Waals surface area contributed by atoms with E-state index in [-0.39, 0.29) is 12.1 Å². The molecule has 0 aromatic heterocycles. The van der Waals surface area contributed by atoms with Crippen molar-refractivity contribution in [3.8, 4) is 0 Å². The Morgan fingerprint density at radius 3 is 2.50 bits per heavy atom. The second-order valence-electron chi connectivity index (χ2n) is 6.17. The van der Waals surface area contributed by atoms with E-state index in [9.17, 15) is 0 Å². The van der Waals surface area contributed by atoms with Gasteiger partial charge in [-0.1, -0.05) is 12.2 Å². The predicted octanol–water partition coefficient (Wildman–Crippen LogP) is 0.851. The fourth-order valence-corrected chi connectivity index (χ4v) is 3.86. The molecule has 0 amide bonds. The van der Waals surface area contributed by atoms with Crippen LogP contribution in [0.1, 0.15) is 19.3 Å². The van der Waals surface area contributed by atoms with E-state index in [1.807, 2.05) is 0 Å². The molecule has 0 saturated carbocycles. The van der Waals surface area contributed by atoms with Gasteiger partial charge in [0.25, 0.3) is 0 Å². The van der Waals surface area contributed by atoms with E-state index in [1.54, 1.807) is 0 Å². The van der Waals surface area contributed by atoms with Crippen molar-refractivity contribution in [3.63, 3.8) is 0 Å². The maximum Gasteiger partial charge on any atom is 0.0816 e. The van der Waals surface area contributed by atoms with E-state index in [0.29, 0.717) is 30.1 Å². The van der Waals surface area contributed by atoms with Gasteiger partial charge in [-0.2, -0.15) is 0 Å². The minimum atomic E-state index is 0.260. The summed E-state index contributed by atoms with van der Waals surface area (Å²) in [5.41, 5.74) is 5.96. The lowest BCUT2D eigenvalue weighted by Crippen LogP contribution is -2.36. The SMILES string of the molecule is NC1CC2OC1CC2COCC1CC2C=CC1O2. The molecule has 3 fully saturated rings. The van der Waals surface area contributed by atoms with Crippen LogP contribution in [0.4, 0.5) is 0 Å². The molecule has 0 aromatic rings. The third kappa shape index (κ3) is 1.83. The number of hydrogen-bond acceptors (Lipinski definition) is 4. The third-order valence-corrected chi connectivity index (χ3v) is 4.90. The van der Waals surface area contributed by atoms with Crippen LogP contribution >= 0.6 is 0 Å². The second kappa shape index (κ2) is 4.30. The highest BCUT2D eigenvalue weighted by molar-refractivity contribution is 5.10. The van der Waals surface area contributed by atoms with E-state index >= 15 is 0 Å². The van der Waals surface area contributed by atoms with Gasteiger partial charge in [0.05, 0.1) is 37.6 Å².